The van der Waals surface area contributed by atoms with Gasteiger partial charge >= 0.3 is 0 Å². The zero-order valence-corrected chi connectivity index (χ0v) is 7.59. The predicted octanol–water partition coefficient (Wildman–Crippen LogP) is 1.09. The number of hydrogen-bond donors (Lipinski definition) is 0. The van der Waals surface area contributed by atoms with E-state index in [4.69, 9.17) is 0 Å². The first-order valence-corrected chi connectivity index (χ1v) is 4.29. The van der Waals surface area contributed by atoms with E-state index in [0.29, 0.717) is 0 Å². The van der Waals surface area contributed by atoms with Crippen molar-refractivity contribution in [2.24, 2.45) is 0 Å². The number of aromatic nitrogens is 4. The number of aryl methyl sites for hydroxylation is 3. The summed E-state index contributed by atoms with van der Waals surface area (Å²) in [6.45, 7) is 3.88. The van der Waals surface area contributed by atoms with Crippen LogP contribution in [0.25, 0.3) is 0 Å². The van der Waals surface area contributed by atoms with Crippen LogP contribution in [-0.4, -0.2) is 19.1 Å². The number of hydrogen-bond acceptors (Lipinski definition) is 2. The van der Waals surface area contributed by atoms with E-state index in [-0.39, 0.29) is 0 Å². The molecule has 0 aliphatic heterocycles. The Labute approximate surface area is 76.9 Å². The average Bonchev–Trinajstić information content (AvgIpc) is 2.71. The third-order valence-electron chi connectivity index (χ3n) is 1.94. The van der Waals surface area contributed by atoms with E-state index in [2.05, 4.69) is 19.1 Å². The fourth-order valence-corrected chi connectivity index (χ4v) is 1.24. The molecule has 4 heteroatoms. The molecule has 0 atom stereocenters. The minimum Gasteiger partial charge on any atom is -0.336 e. The number of nitrogens with zero attached hydrogens (tertiary/aromatic N) is 4. The first kappa shape index (κ1) is 8.04. The molecule has 2 aromatic rings. The highest BCUT2D eigenvalue weighted by atomic mass is 15.1. The predicted molar refractivity (Wildman–Crippen MR) is 49.2 cm³/mol. The molecule has 2 rings (SSSR count). The molecule has 2 aromatic heterocycles. The summed E-state index contributed by atoms with van der Waals surface area (Å²) in [7, 11) is 0. The summed E-state index contributed by atoms with van der Waals surface area (Å²) in [6.07, 6.45) is 9.47. The molecule has 68 valence electrons. The van der Waals surface area contributed by atoms with Crippen LogP contribution in [0.2, 0.25) is 0 Å². The van der Waals surface area contributed by atoms with Crippen molar-refractivity contribution in [1.82, 2.24) is 19.1 Å². The van der Waals surface area contributed by atoms with Gasteiger partial charge in [0.25, 0.3) is 0 Å². The van der Waals surface area contributed by atoms with Crippen LogP contribution in [0, 0.1) is 6.92 Å². The summed E-state index contributed by atoms with van der Waals surface area (Å²) in [5, 5.41) is 0. The van der Waals surface area contributed by atoms with E-state index in [1.165, 1.54) is 0 Å². The SMILES string of the molecule is Cc1cn(CCn2ccnc2)cn1. The first-order chi connectivity index (χ1) is 6.34. The Morgan fingerprint density at radius 1 is 1.23 bits per heavy atom. The molecule has 0 spiro atoms. The molecular weight excluding hydrogens is 164 g/mol. The number of imidazole rings is 2. The Morgan fingerprint density at radius 3 is 2.69 bits per heavy atom. The minimum absolute atomic E-state index is 0.940. The van der Waals surface area contributed by atoms with Crippen molar-refractivity contribution >= 4 is 0 Å². The molecule has 4 nitrogen and oxygen atoms in total. The van der Waals surface area contributed by atoms with Gasteiger partial charge in [-0.2, -0.15) is 0 Å². The van der Waals surface area contributed by atoms with E-state index >= 15 is 0 Å². The lowest BCUT2D eigenvalue weighted by molar-refractivity contribution is 0.578. The van der Waals surface area contributed by atoms with Gasteiger partial charge in [0.2, 0.25) is 0 Å². The van der Waals surface area contributed by atoms with Crippen molar-refractivity contribution in [1.29, 1.82) is 0 Å². The van der Waals surface area contributed by atoms with Crippen LogP contribution in [0.5, 0.6) is 0 Å². The Hall–Kier alpha value is -1.58. The monoisotopic (exact) mass is 176 g/mol. The van der Waals surface area contributed by atoms with Gasteiger partial charge in [0.15, 0.2) is 0 Å². The molecule has 0 N–H and O–H groups in total. The molecule has 0 aromatic carbocycles. The van der Waals surface area contributed by atoms with Gasteiger partial charge in [-0.15, -0.1) is 0 Å². The maximum absolute atomic E-state index is 4.15. The van der Waals surface area contributed by atoms with E-state index < -0.39 is 0 Å². The van der Waals surface area contributed by atoms with Crippen LogP contribution >= 0.6 is 0 Å². The standard InChI is InChI=1S/C9H12N4/c1-9-6-13(8-11-9)5-4-12-3-2-10-7-12/h2-3,6-8H,4-5H2,1H3. The first-order valence-electron chi connectivity index (χ1n) is 4.29. The van der Waals surface area contributed by atoms with E-state index in [1.54, 1.807) is 6.20 Å². The summed E-state index contributed by atoms with van der Waals surface area (Å²) in [5.41, 5.74) is 1.06. The molecule has 0 bridgehead atoms. The van der Waals surface area contributed by atoms with Gasteiger partial charge in [0.05, 0.1) is 18.3 Å². The van der Waals surface area contributed by atoms with Gasteiger partial charge in [-0.25, -0.2) is 9.97 Å². The Bertz CT molecular complexity index is 361. The van der Waals surface area contributed by atoms with Crippen LogP contribution in [-0.2, 0) is 13.1 Å². The lowest BCUT2D eigenvalue weighted by Crippen LogP contribution is -2.03. The second-order valence-electron chi connectivity index (χ2n) is 3.05. The maximum atomic E-state index is 4.15. The van der Waals surface area contributed by atoms with Crippen molar-refractivity contribution in [3.8, 4) is 0 Å². The highest BCUT2D eigenvalue weighted by Gasteiger charge is 1.93. The van der Waals surface area contributed by atoms with Crippen LogP contribution in [0.3, 0.4) is 0 Å². The molecular formula is C9H12N4. The second-order valence-corrected chi connectivity index (χ2v) is 3.05. The van der Waals surface area contributed by atoms with Gasteiger partial charge in [-0.1, -0.05) is 0 Å². The normalized spacial score (nSPS) is 10.5. The Morgan fingerprint density at radius 2 is 2.08 bits per heavy atom. The van der Waals surface area contributed by atoms with E-state index in [1.807, 2.05) is 32.0 Å². The zero-order valence-electron chi connectivity index (χ0n) is 7.59. The van der Waals surface area contributed by atoms with E-state index in [9.17, 15) is 0 Å². The van der Waals surface area contributed by atoms with Gasteiger partial charge in [-0.3, -0.25) is 0 Å². The van der Waals surface area contributed by atoms with Crippen molar-refractivity contribution < 1.29 is 0 Å². The second kappa shape index (κ2) is 3.43. The highest BCUT2D eigenvalue weighted by Crippen LogP contribution is 1.95. The summed E-state index contributed by atoms with van der Waals surface area (Å²) in [5.74, 6) is 0. The Kier molecular flexibility index (Phi) is 2.12. The summed E-state index contributed by atoms with van der Waals surface area (Å²) in [4.78, 5) is 8.13. The van der Waals surface area contributed by atoms with Gasteiger partial charge in [-0.05, 0) is 6.92 Å². The Balaban J connectivity index is 1.93. The molecule has 0 fully saturated rings. The third-order valence-corrected chi connectivity index (χ3v) is 1.94. The van der Waals surface area contributed by atoms with E-state index in [0.717, 1.165) is 18.8 Å². The molecule has 0 aliphatic rings. The topological polar surface area (TPSA) is 35.6 Å². The lowest BCUT2D eigenvalue weighted by Gasteiger charge is -2.01. The molecule has 0 unspecified atom stereocenters. The lowest BCUT2D eigenvalue weighted by atomic mass is 10.5. The largest absolute Gasteiger partial charge is 0.336 e. The van der Waals surface area contributed by atoms with Gasteiger partial charge in [0, 0.05) is 31.7 Å². The van der Waals surface area contributed by atoms with Crippen LogP contribution < -0.4 is 0 Å². The smallest absolute Gasteiger partial charge is 0.0949 e. The van der Waals surface area contributed by atoms with Crippen molar-refractivity contribution in [3.05, 3.63) is 36.9 Å². The fourth-order valence-electron chi connectivity index (χ4n) is 1.24. The van der Waals surface area contributed by atoms with Crippen molar-refractivity contribution in [2.75, 3.05) is 0 Å². The van der Waals surface area contributed by atoms with Crippen molar-refractivity contribution in [3.63, 3.8) is 0 Å². The van der Waals surface area contributed by atoms with Gasteiger partial charge in [0.1, 0.15) is 0 Å². The van der Waals surface area contributed by atoms with Crippen molar-refractivity contribution in [2.45, 2.75) is 20.0 Å². The molecule has 0 saturated carbocycles. The molecule has 0 saturated heterocycles. The summed E-state index contributed by atoms with van der Waals surface area (Å²) < 4.78 is 4.13. The van der Waals surface area contributed by atoms with Crippen LogP contribution in [0.15, 0.2) is 31.2 Å². The third kappa shape index (κ3) is 1.96. The highest BCUT2D eigenvalue weighted by molar-refractivity contribution is 4.92. The fraction of sp³-hybridized carbons (Fsp3) is 0.333. The molecule has 0 aliphatic carbocycles. The van der Waals surface area contributed by atoms with Crippen LogP contribution in [0.4, 0.5) is 0 Å². The maximum Gasteiger partial charge on any atom is 0.0949 e. The molecule has 0 amide bonds. The molecule has 0 radical (unpaired) electrons. The zero-order chi connectivity index (χ0) is 9.10. The quantitative estimate of drug-likeness (QED) is 0.701. The van der Waals surface area contributed by atoms with Gasteiger partial charge < -0.3 is 9.13 Å². The average molecular weight is 176 g/mol. The molecule has 13 heavy (non-hydrogen) atoms. The summed E-state index contributed by atoms with van der Waals surface area (Å²) >= 11 is 0. The summed E-state index contributed by atoms with van der Waals surface area (Å²) in [6, 6.07) is 0. The van der Waals surface area contributed by atoms with Crippen LogP contribution in [0.1, 0.15) is 5.69 Å². The minimum atomic E-state index is 0.940. The molecule has 2 heterocycles. The number of rotatable bonds is 3.